The van der Waals surface area contributed by atoms with Crippen LogP contribution in [0.4, 0.5) is 0 Å². The molecule has 8 N–H and O–H groups in total. The van der Waals surface area contributed by atoms with E-state index in [-0.39, 0.29) is 6.29 Å². The molecule has 0 rings (SSSR count). The Balaban J connectivity index is 0. The fraction of sp³-hybridized carbons (Fsp3) is 0.750. The second-order valence-electron chi connectivity index (χ2n) is 3.61. The number of aldehydes is 1. The summed E-state index contributed by atoms with van der Waals surface area (Å²) in [6, 6.07) is -1.32. The van der Waals surface area contributed by atoms with E-state index in [9.17, 15) is 19.8 Å². The zero-order valence-corrected chi connectivity index (χ0v) is 11.3. The molecule has 0 heterocycles. The lowest BCUT2D eigenvalue weighted by molar-refractivity contribution is -0.129. The first-order chi connectivity index (χ1) is 8.93. The van der Waals surface area contributed by atoms with E-state index in [1.807, 2.05) is 0 Å². The van der Waals surface area contributed by atoms with Gasteiger partial charge < -0.3 is 45.2 Å². The van der Waals surface area contributed by atoms with Gasteiger partial charge in [0.2, 0.25) is 5.91 Å². The monoisotopic (exact) mass is 319 g/mol. The molecule has 11 nitrogen and oxygen atoms in total. The molecular weight excluding hydrogens is 301 g/mol. The van der Waals surface area contributed by atoms with Crippen LogP contribution in [0.5, 0.6) is 0 Å². The lowest BCUT2D eigenvalue weighted by Crippen LogP contribution is -2.53. The highest BCUT2D eigenvalue weighted by Gasteiger charge is 2.31. The molecule has 0 fully saturated rings. The van der Waals surface area contributed by atoms with Gasteiger partial charge in [-0.2, -0.15) is 0 Å². The summed E-state index contributed by atoms with van der Waals surface area (Å²) in [6.45, 7) is 0.377. The van der Waals surface area contributed by atoms with Crippen LogP contribution < -0.4 is 5.32 Å². The average molecular weight is 319 g/mol. The summed E-state index contributed by atoms with van der Waals surface area (Å²) >= 11 is 0. The molecule has 4 unspecified atom stereocenters. The standard InChI is InChI=1S/C8H15NO6.H3O4P/c1-4(12)9-5(2-10)7(14)8(15)6(13)3-11;1-5(2,3)4/h2,5-8,11,13-15H,3H2,1H3,(H,9,12);(H3,1,2,3,4). The molecule has 0 saturated heterocycles. The van der Waals surface area contributed by atoms with Crippen LogP contribution in [0.2, 0.25) is 0 Å². The number of rotatable bonds is 6. The zero-order chi connectivity index (χ0) is 16.5. The highest BCUT2D eigenvalue weighted by atomic mass is 31.2. The Morgan fingerprint density at radius 3 is 1.85 bits per heavy atom. The maximum atomic E-state index is 10.6. The summed E-state index contributed by atoms with van der Waals surface area (Å²) in [5, 5.41) is 38.2. The average Bonchev–Trinajstić information content (AvgIpc) is 2.30. The Kier molecular flexibility index (Phi) is 10.6. The molecule has 0 aromatic heterocycles. The molecule has 0 aromatic rings. The van der Waals surface area contributed by atoms with Crippen LogP contribution >= 0.6 is 7.82 Å². The lowest BCUT2D eigenvalue weighted by Gasteiger charge is -2.25. The van der Waals surface area contributed by atoms with Crippen molar-refractivity contribution in [2.24, 2.45) is 0 Å². The van der Waals surface area contributed by atoms with E-state index in [0.29, 0.717) is 0 Å². The number of phosphoric acid groups is 1. The summed E-state index contributed by atoms with van der Waals surface area (Å²) in [5.41, 5.74) is 0. The Labute approximate surface area is 113 Å². The SMILES string of the molecule is CC(=O)NC(C=O)C(O)C(O)C(O)CO.O=P(O)(O)O. The van der Waals surface area contributed by atoms with Gasteiger partial charge in [0.1, 0.15) is 30.6 Å². The van der Waals surface area contributed by atoms with Gasteiger partial charge in [-0.25, -0.2) is 4.57 Å². The minimum Gasteiger partial charge on any atom is -0.394 e. The van der Waals surface area contributed by atoms with Gasteiger partial charge in [0.15, 0.2) is 0 Å². The van der Waals surface area contributed by atoms with E-state index in [1.54, 1.807) is 0 Å². The van der Waals surface area contributed by atoms with E-state index >= 15 is 0 Å². The van der Waals surface area contributed by atoms with Crippen molar-refractivity contribution in [2.45, 2.75) is 31.3 Å². The van der Waals surface area contributed by atoms with E-state index in [2.05, 4.69) is 5.32 Å². The van der Waals surface area contributed by atoms with Gasteiger partial charge in [0, 0.05) is 6.92 Å². The maximum Gasteiger partial charge on any atom is 0.466 e. The van der Waals surface area contributed by atoms with Crippen molar-refractivity contribution < 1.29 is 49.3 Å². The fourth-order valence-corrected chi connectivity index (χ4v) is 0.983. The van der Waals surface area contributed by atoms with E-state index in [4.69, 9.17) is 29.5 Å². The highest BCUT2D eigenvalue weighted by molar-refractivity contribution is 7.45. The van der Waals surface area contributed by atoms with E-state index in [1.165, 1.54) is 0 Å². The normalized spacial score (nSPS) is 17.0. The first kappa shape index (κ1) is 21.4. The number of carbonyl (C=O) groups excluding carboxylic acids is 2. The second kappa shape index (κ2) is 9.91. The number of aliphatic hydroxyl groups excluding tert-OH is 4. The third kappa shape index (κ3) is 12.1. The minimum atomic E-state index is -4.64. The topological polar surface area (TPSA) is 205 Å². The van der Waals surface area contributed by atoms with Gasteiger partial charge in [-0.1, -0.05) is 0 Å². The first-order valence-electron chi connectivity index (χ1n) is 5.09. The molecule has 120 valence electrons. The Hall–Kier alpha value is -0.910. The summed E-state index contributed by atoms with van der Waals surface area (Å²) in [5.74, 6) is -0.558. The second-order valence-corrected chi connectivity index (χ2v) is 4.63. The number of aliphatic hydroxyl groups is 4. The van der Waals surface area contributed by atoms with Gasteiger partial charge in [0.05, 0.1) is 6.61 Å². The summed E-state index contributed by atoms with van der Waals surface area (Å²) in [7, 11) is -4.64. The molecule has 12 heteroatoms. The lowest BCUT2D eigenvalue weighted by atomic mass is 10.0. The molecule has 0 saturated carbocycles. The van der Waals surface area contributed by atoms with E-state index < -0.39 is 44.7 Å². The molecule has 0 aromatic carbocycles. The molecule has 4 atom stereocenters. The number of carbonyl (C=O) groups is 2. The molecule has 0 aliphatic heterocycles. The summed E-state index contributed by atoms with van der Waals surface area (Å²) in [4.78, 5) is 42.6. The molecular formula is C8H18NO10P. The fourth-order valence-electron chi connectivity index (χ4n) is 0.983. The van der Waals surface area contributed by atoms with Crippen LogP contribution in [0.1, 0.15) is 6.92 Å². The van der Waals surface area contributed by atoms with Gasteiger partial charge in [-0.3, -0.25) is 4.79 Å². The number of hydrogen-bond donors (Lipinski definition) is 8. The molecule has 0 bridgehead atoms. The van der Waals surface area contributed by atoms with Crippen LogP contribution in [0, 0.1) is 0 Å². The summed E-state index contributed by atoms with van der Waals surface area (Å²) in [6.07, 6.45) is -4.72. The van der Waals surface area contributed by atoms with Crippen molar-refractivity contribution in [1.82, 2.24) is 5.32 Å². The molecule has 1 amide bonds. The number of nitrogens with one attached hydrogen (secondary N) is 1. The Morgan fingerprint density at radius 1 is 1.20 bits per heavy atom. The Morgan fingerprint density at radius 2 is 1.60 bits per heavy atom. The van der Waals surface area contributed by atoms with Gasteiger partial charge in [-0.15, -0.1) is 0 Å². The quantitative estimate of drug-likeness (QED) is 0.175. The van der Waals surface area contributed by atoms with Crippen molar-refractivity contribution in [1.29, 1.82) is 0 Å². The summed E-state index contributed by atoms with van der Waals surface area (Å²) < 4.78 is 8.88. The third-order valence-corrected chi connectivity index (χ3v) is 1.82. The van der Waals surface area contributed by atoms with Crippen LogP contribution in [-0.2, 0) is 14.2 Å². The Bertz CT molecular complexity index is 336. The van der Waals surface area contributed by atoms with Crippen LogP contribution in [0.25, 0.3) is 0 Å². The molecule has 0 aliphatic rings. The first-order valence-corrected chi connectivity index (χ1v) is 6.66. The third-order valence-electron chi connectivity index (χ3n) is 1.82. The maximum absolute atomic E-state index is 10.6. The largest absolute Gasteiger partial charge is 0.466 e. The predicted octanol–water partition coefficient (Wildman–Crippen LogP) is -4.16. The zero-order valence-electron chi connectivity index (χ0n) is 10.4. The van der Waals surface area contributed by atoms with Crippen LogP contribution in [0.15, 0.2) is 0 Å². The number of amides is 1. The van der Waals surface area contributed by atoms with Crippen molar-refractivity contribution in [3.8, 4) is 0 Å². The smallest absolute Gasteiger partial charge is 0.394 e. The predicted molar refractivity (Wildman–Crippen MR) is 63.0 cm³/mol. The van der Waals surface area contributed by atoms with Crippen molar-refractivity contribution in [3.63, 3.8) is 0 Å². The van der Waals surface area contributed by atoms with Gasteiger partial charge in [0.25, 0.3) is 0 Å². The molecule has 0 spiro atoms. The molecule has 20 heavy (non-hydrogen) atoms. The van der Waals surface area contributed by atoms with Crippen molar-refractivity contribution in [2.75, 3.05) is 6.61 Å². The minimum absolute atomic E-state index is 0.235. The highest BCUT2D eigenvalue weighted by Crippen LogP contribution is 2.25. The molecule has 0 aliphatic carbocycles. The van der Waals surface area contributed by atoms with Crippen LogP contribution in [-0.4, -0.2) is 78.3 Å². The molecule has 0 radical (unpaired) electrons. The van der Waals surface area contributed by atoms with E-state index in [0.717, 1.165) is 6.92 Å². The van der Waals surface area contributed by atoms with Gasteiger partial charge in [-0.05, 0) is 0 Å². The van der Waals surface area contributed by atoms with Gasteiger partial charge >= 0.3 is 7.82 Å². The van der Waals surface area contributed by atoms with Crippen molar-refractivity contribution >= 4 is 20.0 Å². The van der Waals surface area contributed by atoms with Crippen LogP contribution in [0.3, 0.4) is 0 Å². The van der Waals surface area contributed by atoms with Crippen molar-refractivity contribution in [3.05, 3.63) is 0 Å². The number of hydrogen-bond acceptors (Lipinski definition) is 7.